The second kappa shape index (κ2) is 5.70. The highest BCUT2D eigenvalue weighted by molar-refractivity contribution is 7.92. The Kier molecular flexibility index (Phi) is 3.91. The summed E-state index contributed by atoms with van der Waals surface area (Å²) in [6.07, 6.45) is 2.67. The molecule has 0 spiro atoms. The van der Waals surface area contributed by atoms with Crippen molar-refractivity contribution in [1.29, 1.82) is 0 Å². The minimum absolute atomic E-state index is 0.327. The summed E-state index contributed by atoms with van der Waals surface area (Å²) in [6.45, 7) is 0.506. The number of anilines is 1. The largest absolute Gasteiger partial charge is 0.266 e. The van der Waals surface area contributed by atoms with Gasteiger partial charge in [0.25, 0.3) is 10.0 Å². The predicted octanol–water partition coefficient (Wildman–Crippen LogP) is 3.87. The number of aryl methyl sites for hydroxylation is 1. The average Bonchev–Trinajstić information content (AvgIpc) is 2.70. The Balaban J connectivity index is 2.11. The van der Waals surface area contributed by atoms with Crippen molar-refractivity contribution < 1.29 is 8.42 Å². The van der Waals surface area contributed by atoms with Gasteiger partial charge in [-0.15, -0.1) is 0 Å². The SMILES string of the molecule is O=S(=O)(c1ccccc1)N1CCCCc2cc(Cl)ccc21. The van der Waals surface area contributed by atoms with E-state index in [4.69, 9.17) is 11.6 Å². The predicted molar refractivity (Wildman–Crippen MR) is 85.4 cm³/mol. The topological polar surface area (TPSA) is 37.4 Å². The van der Waals surface area contributed by atoms with E-state index in [1.165, 1.54) is 4.31 Å². The highest BCUT2D eigenvalue weighted by Gasteiger charge is 2.27. The quantitative estimate of drug-likeness (QED) is 0.842. The van der Waals surface area contributed by atoms with Gasteiger partial charge >= 0.3 is 0 Å². The van der Waals surface area contributed by atoms with Gasteiger partial charge in [0.2, 0.25) is 0 Å². The molecular formula is C16H16ClNO2S. The Hall–Kier alpha value is -1.52. The standard InChI is InChI=1S/C16H16ClNO2S/c17-14-9-10-16-13(12-14)6-4-5-11-18(16)21(19,20)15-7-2-1-3-8-15/h1-3,7-10,12H,4-6,11H2. The van der Waals surface area contributed by atoms with Crippen molar-refractivity contribution in [2.24, 2.45) is 0 Å². The number of sulfonamides is 1. The molecule has 5 heteroatoms. The molecule has 0 atom stereocenters. The van der Waals surface area contributed by atoms with Crippen LogP contribution < -0.4 is 4.31 Å². The van der Waals surface area contributed by atoms with Crippen LogP contribution in [0, 0.1) is 0 Å². The summed E-state index contributed by atoms with van der Waals surface area (Å²) in [4.78, 5) is 0.327. The van der Waals surface area contributed by atoms with Crippen molar-refractivity contribution in [2.45, 2.75) is 24.2 Å². The minimum Gasteiger partial charge on any atom is -0.266 e. The smallest absolute Gasteiger partial charge is 0.264 e. The summed E-state index contributed by atoms with van der Waals surface area (Å²) in [5, 5.41) is 0.646. The third kappa shape index (κ3) is 2.78. The molecule has 0 amide bonds. The van der Waals surface area contributed by atoms with Crippen molar-refractivity contribution in [2.75, 3.05) is 10.8 Å². The second-order valence-corrected chi connectivity index (χ2v) is 7.42. The van der Waals surface area contributed by atoms with Crippen LogP contribution in [-0.2, 0) is 16.4 Å². The van der Waals surface area contributed by atoms with Gasteiger partial charge in [-0.25, -0.2) is 8.42 Å². The summed E-state index contributed by atoms with van der Waals surface area (Å²) in [5.74, 6) is 0. The zero-order valence-corrected chi connectivity index (χ0v) is 13.1. The van der Waals surface area contributed by atoms with E-state index in [2.05, 4.69) is 0 Å². The van der Waals surface area contributed by atoms with Gasteiger partial charge in [0.1, 0.15) is 0 Å². The molecule has 1 heterocycles. The van der Waals surface area contributed by atoms with Crippen molar-refractivity contribution in [3.63, 3.8) is 0 Å². The second-order valence-electron chi connectivity index (χ2n) is 5.12. The van der Waals surface area contributed by atoms with E-state index in [1.807, 2.05) is 18.2 Å². The molecule has 0 radical (unpaired) electrons. The first-order valence-corrected chi connectivity index (χ1v) is 8.77. The van der Waals surface area contributed by atoms with E-state index in [1.54, 1.807) is 30.3 Å². The monoisotopic (exact) mass is 321 g/mol. The Morgan fingerprint density at radius 1 is 1.00 bits per heavy atom. The van der Waals surface area contributed by atoms with Crippen LogP contribution in [0.25, 0.3) is 0 Å². The first kappa shape index (κ1) is 14.4. The molecule has 0 fully saturated rings. The maximum absolute atomic E-state index is 12.9. The van der Waals surface area contributed by atoms with Gasteiger partial charge in [-0.3, -0.25) is 4.31 Å². The van der Waals surface area contributed by atoms with Gasteiger partial charge in [0.05, 0.1) is 10.6 Å². The van der Waals surface area contributed by atoms with E-state index < -0.39 is 10.0 Å². The molecule has 0 bridgehead atoms. The van der Waals surface area contributed by atoms with Crippen LogP contribution in [0.2, 0.25) is 5.02 Å². The average molecular weight is 322 g/mol. The molecule has 0 aliphatic carbocycles. The molecule has 3 nitrogen and oxygen atoms in total. The number of fused-ring (bicyclic) bond motifs is 1. The number of hydrogen-bond donors (Lipinski definition) is 0. The lowest BCUT2D eigenvalue weighted by atomic mass is 10.1. The Morgan fingerprint density at radius 3 is 2.52 bits per heavy atom. The fourth-order valence-corrected chi connectivity index (χ4v) is 4.42. The third-order valence-corrected chi connectivity index (χ3v) is 5.76. The van der Waals surface area contributed by atoms with Crippen molar-refractivity contribution >= 4 is 27.3 Å². The molecule has 0 unspecified atom stereocenters. The van der Waals surface area contributed by atoms with Gasteiger partial charge in [-0.2, -0.15) is 0 Å². The summed E-state index contributed by atoms with van der Waals surface area (Å²) in [6, 6.07) is 14.0. The minimum atomic E-state index is -3.52. The molecule has 2 aromatic rings. The molecule has 21 heavy (non-hydrogen) atoms. The number of halogens is 1. The van der Waals surface area contributed by atoms with Gasteiger partial charge in [0, 0.05) is 11.6 Å². The van der Waals surface area contributed by atoms with Crippen molar-refractivity contribution in [3.05, 3.63) is 59.1 Å². The van der Waals surface area contributed by atoms with Crippen molar-refractivity contribution in [1.82, 2.24) is 0 Å². The number of hydrogen-bond acceptors (Lipinski definition) is 2. The fourth-order valence-electron chi connectivity index (χ4n) is 2.66. The summed E-state index contributed by atoms with van der Waals surface area (Å²) in [5.41, 5.74) is 1.75. The van der Waals surface area contributed by atoms with Crippen LogP contribution in [0.15, 0.2) is 53.4 Å². The van der Waals surface area contributed by atoms with Crippen LogP contribution in [-0.4, -0.2) is 15.0 Å². The first-order chi connectivity index (χ1) is 10.1. The van der Waals surface area contributed by atoms with Crippen molar-refractivity contribution in [3.8, 4) is 0 Å². The first-order valence-electron chi connectivity index (χ1n) is 6.95. The maximum Gasteiger partial charge on any atom is 0.264 e. The summed E-state index contributed by atoms with van der Waals surface area (Å²) < 4.78 is 27.3. The van der Waals surface area contributed by atoms with Crippen LogP contribution in [0.5, 0.6) is 0 Å². The number of benzene rings is 2. The molecule has 0 N–H and O–H groups in total. The molecule has 1 aliphatic heterocycles. The lowest BCUT2D eigenvalue weighted by Gasteiger charge is -2.24. The van der Waals surface area contributed by atoms with E-state index >= 15 is 0 Å². The molecule has 3 rings (SSSR count). The molecule has 2 aromatic carbocycles. The molecule has 0 saturated heterocycles. The van der Waals surface area contributed by atoms with Gasteiger partial charge in [0.15, 0.2) is 0 Å². The zero-order chi connectivity index (χ0) is 14.9. The van der Waals surface area contributed by atoms with Crippen LogP contribution in [0.1, 0.15) is 18.4 Å². The summed E-state index contributed by atoms with van der Waals surface area (Å²) >= 11 is 6.04. The maximum atomic E-state index is 12.9. The van der Waals surface area contributed by atoms with Gasteiger partial charge in [-0.05, 0) is 55.2 Å². The highest BCUT2D eigenvalue weighted by atomic mass is 35.5. The molecular weight excluding hydrogens is 306 g/mol. The molecule has 110 valence electrons. The number of rotatable bonds is 2. The number of nitrogens with zero attached hydrogens (tertiary/aromatic N) is 1. The van der Waals surface area contributed by atoms with Crippen LogP contribution in [0.4, 0.5) is 5.69 Å². The van der Waals surface area contributed by atoms with Gasteiger partial charge < -0.3 is 0 Å². The van der Waals surface area contributed by atoms with E-state index in [-0.39, 0.29) is 0 Å². The van der Waals surface area contributed by atoms with E-state index in [0.29, 0.717) is 16.5 Å². The summed E-state index contributed by atoms with van der Waals surface area (Å²) in [7, 11) is -3.52. The van der Waals surface area contributed by atoms with Crippen LogP contribution >= 0.6 is 11.6 Å². The van der Waals surface area contributed by atoms with E-state index in [0.717, 1.165) is 30.5 Å². The lowest BCUT2D eigenvalue weighted by molar-refractivity contribution is 0.589. The lowest BCUT2D eigenvalue weighted by Crippen LogP contribution is -2.31. The Bertz CT molecular complexity index is 744. The molecule has 0 saturated carbocycles. The van der Waals surface area contributed by atoms with Crippen LogP contribution in [0.3, 0.4) is 0 Å². The Labute approximate surface area is 130 Å². The van der Waals surface area contributed by atoms with Gasteiger partial charge in [-0.1, -0.05) is 29.8 Å². The molecule has 0 aromatic heterocycles. The highest BCUT2D eigenvalue weighted by Crippen LogP contribution is 2.32. The third-order valence-electron chi connectivity index (χ3n) is 3.70. The Morgan fingerprint density at radius 2 is 1.76 bits per heavy atom. The normalized spacial score (nSPS) is 15.4. The molecule has 1 aliphatic rings. The van der Waals surface area contributed by atoms with E-state index in [9.17, 15) is 8.42 Å². The zero-order valence-electron chi connectivity index (χ0n) is 11.5. The fraction of sp³-hybridized carbons (Fsp3) is 0.250.